The van der Waals surface area contributed by atoms with Crippen molar-refractivity contribution in [3.8, 4) is 0 Å². The summed E-state index contributed by atoms with van der Waals surface area (Å²) in [6, 6.07) is -1.53. The van der Waals surface area contributed by atoms with E-state index in [-0.39, 0.29) is 19.4 Å². The smallest absolute Gasteiger partial charge is 0.472 e. The van der Waals surface area contributed by atoms with Gasteiger partial charge in [0.15, 0.2) is 6.10 Å². The fourth-order valence-electron chi connectivity index (χ4n) is 5.91. The van der Waals surface area contributed by atoms with Crippen molar-refractivity contribution < 1.29 is 52.2 Å². The Labute approximate surface area is 343 Å². The van der Waals surface area contributed by atoms with E-state index in [1.165, 1.54) is 64.2 Å². The SMILES string of the molecule is CCCCCCCC/C=C\CCCCCCCC(=O)OC[C@H](COP(=O)(O)OC[C@H](N)C(=O)O)OC(=O)CCC/C=C\C/C=C\C/C=C\CC1OC1CCCCC. The maximum Gasteiger partial charge on any atom is 0.472 e. The molecular weight excluding hydrogens is 749 g/mol. The van der Waals surface area contributed by atoms with E-state index in [4.69, 9.17) is 29.6 Å². The first-order valence-corrected chi connectivity index (χ1v) is 23.3. The third kappa shape index (κ3) is 33.0. The molecule has 1 heterocycles. The van der Waals surface area contributed by atoms with E-state index in [1.54, 1.807) is 0 Å². The molecule has 3 unspecified atom stereocenters. The molecule has 0 amide bonds. The number of rotatable bonds is 39. The van der Waals surface area contributed by atoms with Gasteiger partial charge >= 0.3 is 25.7 Å². The Morgan fingerprint density at radius 2 is 1.18 bits per heavy atom. The number of carboxylic acids is 1. The Bertz CT molecular complexity index is 1220. The number of aliphatic carboxylic acids is 1. The standard InChI is InChI=1S/C44H76NO11P/c1-3-5-7-8-9-10-11-12-13-14-15-19-22-25-29-33-42(46)52-35-38(36-53-57(50,51)54-37-39(45)44(48)49)55-43(47)34-30-26-23-20-17-16-18-21-24-28-32-41-40(56-41)31-27-6-4-2/h12-13,16,18,20,23-24,28,38-41H,3-11,14-15,17,19,21-22,25-27,29-37,45H2,1-2H3,(H,48,49)(H,50,51)/b13-12-,18-16-,23-20-,28-24-/t38-,39+,40?,41?/m1/s1. The molecule has 1 aliphatic rings. The molecule has 5 atom stereocenters. The fourth-order valence-corrected chi connectivity index (χ4v) is 6.69. The zero-order chi connectivity index (χ0) is 41.8. The van der Waals surface area contributed by atoms with E-state index in [1.807, 2.05) is 12.2 Å². The molecule has 12 nitrogen and oxygen atoms in total. The quantitative estimate of drug-likeness (QED) is 0.0175. The summed E-state index contributed by atoms with van der Waals surface area (Å²) in [7, 11) is -4.74. The number of carbonyl (C=O) groups is 3. The Morgan fingerprint density at radius 1 is 0.649 bits per heavy atom. The van der Waals surface area contributed by atoms with E-state index < -0.39 is 51.1 Å². The molecule has 13 heteroatoms. The molecular formula is C44H76NO11P. The Hall–Kier alpha value is -2.60. The number of carbonyl (C=O) groups excluding carboxylic acids is 2. The van der Waals surface area contributed by atoms with Crippen molar-refractivity contribution in [1.29, 1.82) is 0 Å². The number of hydrogen-bond donors (Lipinski definition) is 3. The second kappa shape index (κ2) is 35.4. The van der Waals surface area contributed by atoms with Gasteiger partial charge in [-0.3, -0.25) is 23.4 Å². The molecule has 1 rings (SSSR count). The van der Waals surface area contributed by atoms with Crippen LogP contribution in [0.5, 0.6) is 0 Å². The van der Waals surface area contributed by atoms with Crippen molar-refractivity contribution in [2.75, 3.05) is 19.8 Å². The van der Waals surface area contributed by atoms with Crippen LogP contribution in [0.3, 0.4) is 0 Å². The zero-order valence-electron chi connectivity index (χ0n) is 35.1. The van der Waals surface area contributed by atoms with E-state index in [0.29, 0.717) is 31.5 Å². The highest BCUT2D eigenvalue weighted by molar-refractivity contribution is 7.47. The zero-order valence-corrected chi connectivity index (χ0v) is 36.0. The van der Waals surface area contributed by atoms with Gasteiger partial charge in [-0.05, 0) is 70.6 Å². The van der Waals surface area contributed by atoms with Gasteiger partial charge in [0.05, 0.1) is 25.4 Å². The first-order valence-electron chi connectivity index (χ1n) is 21.8. The predicted octanol–water partition coefficient (Wildman–Crippen LogP) is 10.4. The van der Waals surface area contributed by atoms with Crippen molar-refractivity contribution in [2.45, 2.75) is 192 Å². The van der Waals surface area contributed by atoms with Crippen LogP contribution in [0.1, 0.15) is 168 Å². The summed E-state index contributed by atoms with van der Waals surface area (Å²) in [5, 5.41) is 8.89. The molecule has 0 radical (unpaired) electrons. The fraction of sp³-hybridized carbons (Fsp3) is 0.750. The van der Waals surface area contributed by atoms with Gasteiger partial charge in [-0.1, -0.05) is 133 Å². The number of ether oxygens (including phenoxy) is 3. The predicted molar refractivity (Wildman–Crippen MR) is 226 cm³/mol. The highest BCUT2D eigenvalue weighted by Crippen LogP contribution is 2.43. The van der Waals surface area contributed by atoms with Crippen molar-refractivity contribution in [2.24, 2.45) is 5.73 Å². The summed E-state index contributed by atoms with van der Waals surface area (Å²) in [6.07, 6.45) is 40.7. The average molecular weight is 826 g/mol. The van der Waals surface area contributed by atoms with Gasteiger partial charge in [0.2, 0.25) is 0 Å². The maximum absolute atomic E-state index is 12.6. The Balaban J connectivity index is 2.33. The molecule has 4 N–H and O–H groups in total. The molecule has 0 saturated carbocycles. The van der Waals surface area contributed by atoms with E-state index in [9.17, 15) is 23.8 Å². The third-order valence-corrected chi connectivity index (χ3v) is 10.4. The minimum Gasteiger partial charge on any atom is -0.480 e. The number of unbranched alkanes of at least 4 members (excludes halogenated alkanes) is 14. The first-order chi connectivity index (χ1) is 27.6. The summed E-state index contributed by atoms with van der Waals surface area (Å²) < 4.78 is 38.3. The largest absolute Gasteiger partial charge is 0.480 e. The van der Waals surface area contributed by atoms with Crippen LogP contribution in [0.2, 0.25) is 0 Å². The molecule has 1 fully saturated rings. The molecule has 0 aromatic carbocycles. The number of epoxide rings is 1. The molecule has 0 bridgehead atoms. The monoisotopic (exact) mass is 826 g/mol. The van der Waals surface area contributed by atoms with Crippen LogP contribution in [0.15, 0.2) is 48.6 Å². The molecule has 0 aliphatic carbocycles. The number of carboxylic acid groups (broad SMARTS) is 1. The number of esters is 2. The van der Waals surface area contributed by atoms with E-state index in [0.717, 1.165) is 57.8 Å². The molecule has 1 aliphatic heterocycles. The van der Waals surface area contributed by atoms with E-state index >= 15 is 0 Å². The summed E-state index contributed by atoms with van der Waals surface area (Å²) in [5.74, 6) is -2.47. The van der Waals surface area contributed by atoms with Gasteiger partial charge in [0, 0.05) is 12.8 Å². The molecule has 0 aromatic rings. The topological polar surface area (TPSA) is 184 Å². The van der Waals surface area contributed by atoms with Crippen molar-refractivity contribution >= 4 is 25.7 Å². The van der Waals surface area contributed by atoms with Gasteiger partial charge in [-0.15, -0.1) is 0 Å². The Kier molecular flexibility index (Phi) is 32.5. The summed E-state index contributed by atoms with van der Waals surface area (Å²) in [5.41, 5.74) is 5.33. The molecule has 0 spiro atoms. The van der Waals surface area contributed by atoms with Gasteiger partial charge in [-0.2, -0.15) is 0 Å². The maximum atomic E-state index is 12.6. The molecule has 0 aromatic heterocycles. The van der Waals surface area contributed by atoms with Crippen LogP contribution in [0.25, 0.3) is 0 Å². The first kappa shape index (κ1) is 52.4. The number of allylic oxidation sites excluding steroid dienone is 7. The van der Waals surface area contributed by atoms with Crippen molar-refractivity contribution in [3.05, 3.63) is 48.6 Å². The van der Waals surface area contributed by atoms with Crippen LogP contribution in [-0.4, -0.2) is 72.1 Å². The second-order valence-electron chi connectivity index (χ2n) is 14.9. The summed E-state index contributed by atoms with van der Waals surface area (Å²) in [4.78, 5) is 45.9. The van der Waals surface area contributed by atoms with Crippen LogP contribution in [0, 0.1) is 0 Å². The lowest BCUT2D eigenvalue weighted by Gasteiger charge is -2.20. The number of phosphoric acid groups is 1. The second-order valence-corrected chi connectivity index (χ2v) is 16.3. The minimum atomic E-state index is -4.74. The van der Waals surface area contributed by atoms with Crippen molar-refractivity contribution in [3.63, 3.8) is 0 Å². The number of phosphoric ester groups is 1. The Morgan fingerprint density at radius 3 is 1.84 bits per heavy atom. The normalized spacial score (nSPS) is 17.8. The lowest BCUT2D eigenvalue weighted by atomic mass is 10.1. The van der Waals surface area contributed by atoms with Crippen molar-refractivity contribution in [1.82, 2.24) is 0 Å². The van der Waals surface area contributed by atoms with Crippen LogP contribution < -0.4 is 5.73 Å². The van der Waals surface area contributed by atoms with Crippen LogP contribution in [-0.2, 0) is 42.2 Å². The van der Waals surface area contributed by atoms with Gasteiger partial charge in [0.1, 0.15) is 12.6 Å². The minimum absolute atomic E-state index is 0.0786. The molecule has 57 heavy (non-hydrogen) atoms. The molecule has 1 saturated heterocycles. The lowest BCUT2D eigenvalue weighted by molar-refractivity contribution is -0.161. The number of hydrogen-bond acceptors (Lipinski definition) is 10. The van der Waals surface area contributed by atoms with Crippen LogP contribution >= 0.6 is 7.82 Å². The summed E-state index contributed by atoms with van der Waals surface area (Å²) in [6.45, 7) is 2.69. The number of nitrogens with two attached hydrogens (primary N) is 1. The van der Waals surface area contributed by atoms with Gasteiger partial charge < -0.3 is 29.9 Å². The highest BCUT2D eigenvalue weighted by atomic mass is 31.2. The van der Waals surface area contributed by atoms with Gasteiger partial charge in [-0.25, -0.2) is 4.57 Å². The molecule has 328 valence electrons. The highest BCUT2D eigenvalue weighted by Gasteiger charge is 2.36. The van der Waals surface area contributed by atoms with Gasteiger partial charge in [0.25, 0.3) is 0 Å². The third-order valence-electron chi connectivity index (χ3n) is 9.47. The summed E-state index contributed by atoms with van der Waals surface area (Å²) >= 11 is 0. The average Bonchev–Trinajstić information content (AvgIpc) is 3.94. The van der Waals surface area contributed by atoms with E-state index in [2.05, 4.69) is 54.8 Å². The lowest BCUT2D eigenvalue weighted by Crippen LogP contribution is -2.34. The van der Waals surface area contributed by atoms with Crippen LogP contribution in [0.4, 0.5) is 0 Å².